The Bertz CT molecular complexity index is 755. The van der Waals surface area contributed by atoms with Crippen LogP contribution in [0.25, 0.3) is 0 Å². The summed E-state index contributed by atoms with van der Waals surface area (Å²) in [5, 5.41) is 3.03. The third-order valence-electron chi connectivity index (χ3n) is 2.90. The molecule has 2 aromatic carbocycles. The number of benzene rings is 2. The van der Waals surface area contributed by atoms with Crippen LogP contribution in [0.15, 0.2) is 46.9 Å². The maximum Gasteiger partial charge on any atom is 0.337 e. The van der Waals surface area contributed by atoms with Crippen molar-refractivity contribution < 1.29 is 14.3 Å². The molecule has 0 fully saturated rings. The van der Waals surface area contributed by atoms with Crippen molar-refractivity contribution in [3.05, 3.63) is 57.5 Å². The summed E-state index contributed by atoms with van der Waals surface area (Å²) in [5.41, 5.74) is 5.97. The van der Waals surface area contributed by atoms with Crippen LogP contribution in [0.1, 0.15) is 5.56 Å². The molecule has 0 radical (unpaired) electrons. The number of amides is 3. The molecule has 0 saturated heterocycles. The van der Waals surface area contributed by atoms with E-state index in [-0.39, 0.29) is 6.61 Å². The molecule has 0 atom stereocenters. The quantitative estimate of drug-likeness (QED) is 0.671. The Hall–Kier alpha value is -2.25. The van der Waals surface area contributed by atoms with Crippen LogP contribution in [0.5, 0.6) is 5.75 Å². The number of anilines is 1. The van der Waals surface area contributed by atoms with Gasteiger partial charge in [-0.2, -0.15) is 0 Å². The number of hydrogen-bond donors (Lipinski definition) is 3. The minimum Gasteiger partial charge on any atom is -0.484 e. The molecule has 0 spiro atoms. The molecule has 6 nitrogen and oxygen atoms in total. The highest BCUT2D eigenvalue weighted by atomic mass is 79.9. The third kappa shape index (κ3) is 5.75. The molecule has 8 heteroatoms. The van der Waals surface area contributed by atoms with E-state index in [2.05, 4.69) is 32.1 Å². The normalized spacial score (nSPS) is 9.96. The lowest BCUT2D eigenvalue weighted by atomic mass is 10.2. The fraction of sp³-hybridized carbons (Fsp3) is 0.125. The first-order valence-corrected chi connectivity index (χ1v) is 8.11. The van der Waals surface area contributed by atoms with E-state index in [0.717, 1.165) is 10.0 Å². The van der Waals surface area contributed by atoms with Gasteiger partial charge in [-0.25, -0.2) is 10.2 Å². The number of halogens is 2. The Morgan fingerprint density at radius 1 is 1.17 bits per heavy atom. The SMILES string of the molecule is Cc1cc(OCC(=O)NNC(=O)Nc2cccc(Cl)c2)ccc1Br. The maximum atomic E-state index is 11.7. The molecular formula is C16H15BrClN3O3. The molecule has 24 heavy (non-hydrogen) atoms. The van der Waals surface area contributed by atoms with Crippen LogP contribution in [0, 0.1) is 6.92 Å². The summed E-state index contributed by atoms with van der Waals surface area (Å²) in [5.74, 6) is 0.0750. The Morgan fingerprint density at radius 2 is 1.96 bits per heavy atom. The summed E-state index contributed by atoms with van der Waals surface area (Å²) < 4.78 is 6.30. The van der Waals surface area contributed by atoms with Gasteiger partial charge < -0.3 is 10.1 Å². The van der Waals surface area contributed by atoms with Crippen LogP contribution in [-0.4, -0.2) is 18.5 Å². The topological polar surface area (TPSA) is 79.5 Å². The van der Waals surface area contributed by atoms with Gasteiger partial charge in [0.05, 0.1) is 0 Å². The molecule has 0 bridgehead atoms. The van der Waals surface area contributed by atoms with Crippen molar-refractivity contribution in [2.45, 2.75) is 6.92 Å². The second-order valence-electron chi connectivity index (χ2n) is 4.84. The predicted molar refractivity (Wildman–Crippen MR) is 96.1 cm³/mol. The molecule has 0 saturated carbocycles. The molecule has 0 aliphatic heterocycles. The van der Waals surface area contributed by atoms with Crippen molar-refractivity contribution in [2.75, 3.05) is 11.9 Å². The minimum atomic E-state index is -0.592. The smallest absolute Gasteiger partial charge is 0.337 e. The van der Waals surface area contributed by atoms with Gasteiger partial charge >= 0.3 is 6.03 Å². The summed E-state index contributed by atoms with van der Waals surface area (Å²) in [6.07, 6.45) is 0. The molecular weight excluding hydrogens is 398 g/mol. The Morgan fingerprint density at radius 3 is 2.67 bits per heavy atom. The molecule has 0 unspecified atom stereocenters. The van der Waals surface area contributed by atoms with Crippen molar-refractivity contribution in [1.29, 1.82) is 0 Å². The average Bonchev–Trinajstić information content (AvgIpc) is 2.54. The number of hydrogen-bond acceptors (Lipinski definition) is 3. The van der Waals surface area contributed by atoms with Gasteiger partial charge in [0, 0.05) is 15.2 Å². The lowest BCUT2D eigenvalue weighted by Crippen LogP contribution is -2.45. The van der Waals surface area contributed by atoms with Gasteiger partial charge in [0.15, 0.2) is 6.61 Å². The van der Waals surface area contributed by atoms with Crippen molar-refractivity contribution in [3.63, 3.8) is 0 Å². The van der Waals surface area contributed by atoms with Crippen LogP contribution in [0.2, 0.25) is 5.02 Å². The summed E-state index contributed by atoms with van der Waals surface area (Å²) in [4.78, 5) is 23.3. The van der Waals surface area contributed by atoms with Gasteiger partial charge in [0.1, 0.15) is 5.75 Å². The number of hydrazine groups is 1. The number of rotatable bonds is 4. The number of ether oxygens (including phenoxy) is 1. The third-order valence-corrected chi connectivity index (χ3v) is 4.02. The first kappa shape index (κ1) is 18.1. The van der Waals surface area contributed by atoms with Gasteiger partial charge in [-0.1, -0.05) is 33.6 Å². The monoisotopic (exact) mass is 411 g/mol. The van der Waals surface area contributed by atoms with Crippen molar-refractivity contribution in [3.8, 4) is 5.75 Å². The lowest BCUT2D eigenvalue weighted by Gasteiger charge is -2.10. The van der Waals surface area contributed by atoms with E-state index in [0.29, 0.717) is 16.5 Å². The summed E-state index contributed by atoms with van der Waals surface area (Å²) >= 11 is 9.20. The van der Waals surface area contributed by atoms with Crippen LogP contribution in [-0.2, 0) is 4.79 Å². The summed E-state index contributed by atoms with van der Waals surface area (Å²) in [6.45, 7) is 1.69. The number of carbonyl (C=O) groups is 2. The van der Waals surface area contributed by atoms with Gasteiger partial charge in [-0.15, -0.1) is 0 Å². The molecule has 126 valence electrons. The van der Waals surface area contributed by atoms with Gasteiger partial charge in [0.25, 0.3) is 5.91 Å². The standard InChI is InChI=1S/C16H15BrClN3O3/c1-10-7-13(5-6-14(10)17)24-9-15(22)20-21-16(23)19-12-4-2-3-11(18)8-12/h2-8H,9H2,1H3,(H,20,22)(H2,19,21,23). The molecule has 2 rings (SSSR count). The zero-order valence-electron chi connectivity index (χ0n) is 12.7. The molecule has 3 N–H and O–H groups in total. The van der Waals surface area contributed by atoms with E-state index in [1.54, 1.807) is 36.4 Å². The highest BCUT2D eigenvalue weighted by Crippen LogP contribution is 2.21. The molecule has 0 heterocycles. The summed E-state index contributed by atoms with van der Waals surface area (Å²) in [6, 6.07) is 11.4. The average molecular weight is 413 g/mol. The fourth-order valence-electron chi connectivity index (χ4n) is 1.75. The maximum absolute atomic E-state index is 11.7. The van der Waals surface area contributed by atoms with E-state index in [9.17, 15) is 9.59 Å². The Balaban J connectivity index is 1.74. The van der Waals surface area contributed by atoms with Crippen LogP contribution in [0.3, 0.4) is 0 Å². The van der Waals surface area contributed by atoms with Gasteiger partial charge in [-0.3, -0.25) is 10.2 Å². The number of carbonyl (C=O) groups excluding carboxylic acids is 2. The van der Waals surface area contributed by atoms with Crippen molar-refractivity contribution >= 4 is 45.2 Å². The minimum absolute atomic E-state index is 0.224. The van der Waals surface area contributed by atoms with Crippen LogP contribution < -0.4 is 20.9 Å². The fourth-order valence-corrected chi connectivity index (χ4v) is 2.18. The molecule has 0 aromatic heterocycles. The largest absolute Gasteiger partial charge is 0.484 e. The molecule has 3 amide bonds. The number of nitrogens with one attached hydrogen (secondary N) is 3. The zero-order chi connectivity index (χ0) is 17.5. The highest BCUT2D eigenvalue weighted by Gasteiger charge is 2.06. The Kier molecular flexibility index (Phi) is 6.45. The van der Waals surface area contributed by atoms with Crippen LogP contribution >= 0.6 is 27.5 Å². The van der Waals surface area contributed by atoms with Crippen molar-refractivity contribution in [1.82, 2.24) is 10.9 Å². The first-order chi connectivity index (χ1) is 11.4. The van der Waals surface area contributed by atoms with E-state index in [1.165, 1.54) is 0 Å². The number of urea groups is 1. The summed E-state index contributed by atoms with van der Waals surface area (Å²) in [7, 11) is 0. The van der Waals surface area contributed by atoms with Crippen LogP contribution in [0.4, 0.5) is 10.5 Å². The first-order valence-electron chi connectivity index (χ1n) is 6.94. The number of aryl methyl sites for hydroxylation is 1. The van der Waals surface area contributed by atoms with E-state index in [4.69, 9.17) is 16.3 Å². The second-order valence-corrected chi connectivity index (χ2v) is 6.13. The van der Waals surface area contributed by atoms with Gasteiger partial charge in [0.2, 0.25) is 0 Å². The molecule has 0 aliphatic carbocycles. The highest BCUT2D eigenvalue weighted by molar-refractivity contribution is 9.10. The second kappa shape index (κ2) is 8.56. The zero-order valence-corrected chi connectivity index (χ0v) is 15.1. The van der Waals surface area contributed by atoms with E-state index >= 15 is 0 Å². The molecule has 0 aliphatic rings. The van der Waals surface area contributed by atoms with E-state index < -0.39 is 11.9 Å². The predicted octanol–water partition coefficient (Wildman–Crippen LogP) is 3.64. The Labute approximate surface area is 152 Å². The van der Waals surface area contributed by atoms with E-state index in [1.807, 2.05) is 13.0 Å². The molecule has 2 aromatic rings. The van der Waals surface area contributed by atoms with Gasteiger partial charge in [-0.05, 0) is 48.9 Å². The lowest BCUT2D eigenvalue weighted by molar-refractivity contribution is -0.123. The van der Waals surface area contributed by atoms with Crippen molar-refractivity contribution in [2.24, 2.45) is 0 Å².